The quantitative estimate of drug-likeness (QED) is 0.431. The van der Waals surface area contributed by atoms with Crippen LogP contribution in [0.3, 0.4) is 0 Å². The van der Waals surface area contributed by atoms with Crippen molar-refractivity contribution in [1.29, 1.82) is 5.26 Å². The van der Waals surface area contributed by atoms with Crippen molar-refractivity contribution in [1.82, 2.24) is 9.88 Å². The van der Waals surface area contributed by atoms with Gasteiger partial charge < -0.3 is 10.7 Å². The molecule has 1 unspecified atom stereocenters. The smallest absolute Gasteiger partial charge is 0.259 e. The first-order valence-corrected chi connectivity index (χ1v) is 12.0. The Morgan fingerprint density at radius 3 is 2.97 bits per heavy atom. The number of hydrogen-bond donors (Lipinski definition) is 2. The van der Waals surface area contributed by atoms with Crippen LogP contribution >= 0.6 is 11.3 Å². The van der Waals surface area contributed by atoms with Gasteiger partial charge in [-0.25, -0.2) is 0 Å². The summed E-state index contributed by atoms with van der Waals surface area (Å²) in [4.78, 5) is 18.9. The number of aromatic amines is 1. The highest BCUT2D eigenvalue weighted by atomic mass is 32.1. The predicted molar refractivity (Wildman–Crippen MR) is 130 cm³/mol. The maximum Gasteiger partial charge on any atom is 0.259 e. The van der Waals surface area contributed by atoms with E-state index in [-0.39, 0.29) is 5.91 Å². The van der Waals surface area contributed by atoms with E-state index in [1.807, 2.05) is 18.2 Å². The van der Waals surface area contributed by atoms with E-state index in [4.69, 9.17) is 11.0 Å². The molecule has 0 radical (unpaired) electrons. The molecule has 3 N–H and O–H groups in total. The Bertz CT molecular complexity index is 1330. The number of carbonyl (C=O) groups is 1. The van der Waals surface area contributed by atoms with Crippen molar-refractivity contribution in [3.63, 3.8) is 0 Å². The van der Waals surface area contributed by atoms with Gasteiger partial charge in [0.05, 0.1) is 17.4 Å². The van der Waals surface area contributed by atoms with E-state index >= 15 is 0 Å². The summed E-state index contributed by atoms with van der Waals surface area (Å²) in [5, 5.41) is 11.3. The summed E-state index contributed by atoms with van der Waals surface area (Å²) in [6.07, 6.45) is 4.58. The van der Waals surface area contributed by atoms with E-state index in [1.54, 1.807) is 0 Å². The van der Waals surface area contributed by atoms with Gasteiger partial charge in [-0.15, -0.1) is 11.3 Å². The normalized spacial score (nSPS) is 16.7. The molecule has 2 aromatic heterocycles. The summed E-state index contributed by atoms with van der Waals surface area (Å²) >= 11 is 1.52. The zero-order chi connectivity index (χ0) is 22.1. The monoisotopic (exact) mass is 442 g/mol. The Balaban J connectivity index is 1.31. The SMILES string of the molecule is N#CCc1ccc2cc(CCN3CCCC3Cc3c(C(N)=O)sc4ccccc34)[nH]c2c1. The molecule has 4 aromatic rings. The number of carbonyl (C=O) groups excluding carboxylic acids is 1. The molecule has 2 aromatic carbocycles. The van der Waals surface area contributed by atoms with Crippen molar-refractivity contribution in [3.05, 3.63) is 70.2 Å². The number of amides is 1. The van der Waals surface area contributed by atoms with Crippen LogP contribution in [0, 0.1) is 11.3 Å². The van der Waals surface area contributed by atoms with E-state index in [0.29, 0.717) is 17.3 Å². The standard InChI is InChI=1S/C26H26N4OS/c27-11-9-17-7-8-18-15-19(29-23(18)14-17)10-13-30-12-3-4-20(30)16-22-21-5-1-2-6-24(21)32-25(22)26(28)31/h1-2,5-8,14-15,20,29H,3-4,9-10,12-13,16H2,(H2,28,31). The van der Waals surface area contributed by atoms with Crippen molar-refractivity contribution in [2.75, 3.05) is 13.1 Å². The Kier molecular flexibility index (Phi) is 5.69. The Hall–Kier alpha value is -3.14. The third kappa shape index (κ3) is 4.02. The summed E-state index contributed by atoms with van der Waals surface area (Å²) in [6, 6.07) is 19.3. The number of hydrogen-bond acceptors (Lipinski definition) is 4. The van der Waals surface area contributed by atoms with Crippen molar-refractivity contribution >= 4 is 38.2 Å². The molecular weight excluding hydrogens is 416 g/mol. The lowest BCUT2D eigenvalue weighted by Gasteiger charge is -2.24. The lowest BCUT2D eigenvalue weighted by atomic mass is 10.0. The summed E-state index contributed by atoms with van der Waals surface area (Å²) in [5.74, 6) is -0.320. The first-order chi connectivity index (χ1) is 15.6. The lowest BCUT2D eigenvalue weighted by molar-refractivity contribution is 0.100. The average Bonchev–Trinajstić information content (AvgIpc) is 3.49. The minimum atomic E-state index is -0.320. The van der Waals surface area contributed by atoms with Gasteiger partial charge in [0.2, 0.25) is 0 Å². The third-order valence-corrected chi connectivity index (χ3v) is 7.78. The third-order valence-electron chi connectivity index (χ3n) is 6.56. The van der Waals surface area contributed by atoms with Crippen molar-refractivity contribution in [2.24, 2.45) is 5.73 Å². The summed E-state index contributed by atoms with van der Waals surface area (Å²) in [6.45, 7) is 2.07. The van der Waals surface area contributed by atoms with Crippen LogP contribution in [0.1, 0.15) is 39.3 Å². The predicted octanol–water partition coefficient (Wildman–Crippen LogP) is 4.80. The molecule has 1 aliphatic heterocycles. The minimum absolute atomic E-state index is 0.320. The van der Waals surface area contributed by atoms with Gasteiger partial charge in [-0.2, -0.15) is 5.26 Å². The maximum absolute atomic E-state index is 12.1. The second-order valence-electron chi connectivity index (χ2n) is 8.61. The topological polar surface area (TPSA) is 85.9 Å². The van der Waals surface area contributed by atoms with Crippen molar-refractivity contribution in [3.8, 4) is 6.07 Å². The number of nitrogens with zero attached hydrogens (tertiary/aromatic N) is 2. The molecule has 3 heterocycles. The number of aromatic nitrogens is 1. The van der Waals surface area contributed by atoms with Crippen LogP contribution in [0.4, 0.5) is 0 Å². The first-order valence-electron chi connectivity index (χ1n) is 11.1. The van der Waals surface area contributed by atoms with Gasteiger partial charge in [0.25, 0.3) is 5.91 Å². The Labute approximate surface area is 191 Å². The zero-order valence-electron chi connectivity index (χ0n) is 17.9. The molecule has 5 rings (SSSR count). The van der Waals surface area contributed by atoms with Crippen LogP contribution in [-0.2, 0) is 19.3 Å². The molecule has 1 amide bonds. The second-order valence-corrected chi connectivity index (χ2v) is 9.66. The molecule has 162 valence electrons. The molecule has 0 saturated carbocycles. The fourth-order valence-electron chi connectivity index (χ4n) is 4.99. The summed E-state index contributed by atoms with van der Waals surface area (Å²) in [5.41, 5.74) is 10.2. The number of nitrogens with one attached hydrogen (secondary N) is 1. The van der Waals surface area contributed by atoms with Crippen LogP contribution in [0.5, 0.6) is 0 Å². The van der Waals surface area contributed by atoms with Gasteiger partial charge >= 0.3 is 0 Å². The molecule has 0 bridgehead atoms. The van der Waals surface area contributed by atoms with Crippen molar-refractivity contribution < 1.29 is 4.79 Å². The molecule has 5 nitrogen and oxygen atoms in total. The highest BCUT2D eigenvalue weighted by Gasteiger charge is 2.27. The van der Waals surface area contributed by atoms with Crippen molar-refractivity contribution in [2.45, 2.75) is 38.1 Å². The van der Waals surface area contributed by atoms with E-state index in [2.05, 4.69) is 46.3 Å². The average molecular weight is 443 g/mol. The maximum atomic E-state index is 12.1. The molecule has 0 aliphatic carbocycles. The van der Waals surface area contributed by atoms with Gasteiger partial charge in [-0.1, -0.05) is 30.3 Å². The van der Waals surface area contributed by atoms with Crippen LogP contribution in [-0.4, -0.2) is 34.9 Å². The van der Waals surface area contributed by atoms with Gasteiger partial charge in [0.15, 0.2) is 0 Å². The largest absolute Gasteiger partial charge is 0.365 e. The summed E-state index contributed by atoms with van der Waals surface area (Å²) in [7, 11) is 0. The number of H-pyrrole nitrogens is 1. The molecule has 32 heavy (non-hydrogen) atoms. The minimum Gasteiger partial charge on any atom is -0.365 e. The highest BCUT2D eigenvalue weighted by Crippen LogP contribution is 2.34. The number of likely N-dealkylation sites (tertiary alicyclic amines) is 1. The summed E-state index contributed by atoms with van der Waals surface area (Å²) < 4.78 is 1.13. The van der Waals surface area contributed by atoms with E-state index in [1.165, 1.54) is 34.2 Å². The Morgan fingerprint density at radius 2 is 2.12 bits per heavy atom. The van der Waals surface area contributed by atoms with Gasteiger partial charge in [0, 0.05) is 34.9 Å². The number of thiophene rings is 1. The number of benzene rings is 2. The van der Waals surface area contributed by atoms with Crippen LogP contribution in [0.25, 0.3) is 21.0 Å². The fourth-order valence-corrected chi connectivity index (χ4v) is 6.08. The molecular formula is C26H26N4OS. The molecule has 1 fully saturated rings. The number of fused-ring (bicyclic) bond motifs is 2. The number of nitriles is 1. The number of primary amides is 1. The number of nitrogens with two attached hydrogens (primary N) is 1. The molecule has 1 aliphatic rings. The molecule has 0 spiro atoms. The van der Waals surface area contributed by atoms with Crippen LogP contribution in [0.15, 0.2) is 48.5 Å². The van der Waals surface area contributed by atoms with Gasteiger partial charge in [0.1, 0.15) is 0 Å². The lowest BCUT2D eigenvalue weighted by Crippen LogP contribution is -2.33. The van der Waals surface area contributed by atoms with Crippen LogP contribution < -0.4 is 5.73 Å². The fraction of sp³-hybridized carbons (Fsp3) is 0.308. The molecule has 1 saturated heterocycles. The first kappa shape index (κ1) is 20.7. The molecule has 1 atom stereocenters. The molecule has 6 heteroatoms. The van der Waals surface area contributed by atoms with E-state index in [9.17, 15) is 4.79 Å². The van der Waals surface area contributed by atoms with Gasteiger partial charge in [-0.05, 0) is 65.9 Å². The highest BCUT2D eigenvalue weighted by molar-refractivity contribution is 7.21. The number of rotatable bonds is 7. The zero-order valence-corrected chi connectivity index (χ0v) is 18.8. The van der Waals surface area contributed by atoms with Crippen LogP contribution in [0.2, 0.25) is 0 Å². The van der Waals surface area contributed by atoms with E-state index in [0.717, 1.165) is 53.7 Å². The van der Waals surface area contributed by atoms with Gasteiger partial charge in [-0.3, -0.25) is 9.69 Å². The second kappa shape index (κ2) is 8.78. The Morgan fingerprint density at radius 1 is 1.25 bits per heavy atom. The van der Waals surface area contributed by atoms with E-state index < -0.39 is 0 Å².